The van der Waals surface area contributed by atoms with Crippen molar-refractivity contribution < 1.29 is 19.3 Å². The van der Waals surface area contributed by atoms with Gasteiger partial charge in [0.15, 0.2) is 0 Å². The molecule has 0 radical (unpaired) electrons. The second-order valence-electron chi connectivity index (χ2n) is 7.02. The van der Waals surface area contributed by atoms with Crippen LogP contribution in [-0.2, 0) is 14.9 Å². The van der Waals surface area contributed by atoms with Crippen LogP contribution in [0, 0.1) is 0 Å². The molecule has 0 fully saturated rings. The maximum Gasteiger partial charge on any atom is 0.119 e. The minimum atomic E-state index is 0.0503. The molecule has 0 aliphatic carbocycles. The van der Waals surface area contributed by atoms with Gasteiger partial charge >= 0.3 is 0 Å². The molecule has 1 aromatic carbocycles. The molecule has 0 saturated heterocycles. The van der Waals surface area contributed by atoms with Crippen molar-refractivity contribution in [2.24, 2.45) is 0 Å². The van der Waals surface area contributed by atoms with Gasteiger partial charge in [-0.1, -0.05) is 58.6 Å². The largest absolute Gasteiger partial charge is 0.491 e. The average Bonchev–Trinajstić information content (AvgIpc) is 2.61. The molecular weight excluding hydrogens is 316 g/mol. The zero-order valence-electron chi connectivity index (χ0n) is 16.3. The van der Waals surface area contributed by atoms with Gasteiger partial charge in [0, 0.05) is 0 Å². The number of unbranched alkanes of at least 4 members (excludes halogenated alkanes) is 3. The van der Waals surface area contributed by atoms with Gasteiger partial charge in [-0.3, -0.25) is 0 Å². The molecule has 144 valence electrons. The Morgan fingerprint density at radius 3 is 2.12 bits per heavy atom. The fraction of sp³-hybridized carbons (Fsp3) is 0.714. The van der Waals surface area contributed by atoms with Crippen LogP contribution in [0.4, 0.5) is 0 Å². The number of hydrogen-bond acceptors (Lipinski definition) is 4. The Hall–Kier alpha value is -1.10. The fourth-order valence-corrected chi connectivity index (χ4v) is 2.75. The number of aliphatic hydroxyl groups excluding tert-OH is 1. The summed E-state index contributed by atoms with van der Waals surface area (Å²) in [4.78, 5) is 0. The maximum absolute atomic E-state index is 8.58. The Morgan fingerprint density at radius 1 is 0.840 bits per heavy atom. The molecule has 1 aromatic rings. The van der Waals surface area contributed by atoms with E-state index < -0.39 is 0 Å². The molecule has 25 heavy (non-hydrogen) atoms. The third-order valence-electron chi connectivity index (χ3n) is 4.40. The molecule has 0 heterocycles. The lowest BCUT2D eigenvalue weighted by Crippen LogP contribution is -2.17. The van der Waals surface area contributed by atoms with E-state index in [0.29, 0.717) is 33.0 Å². The molecule has 0 aromatic heterocycles. The van der Waals surface area contributed by atoms with Crippen molar-refractivity contribution in [2.75, 3.05) is 39.6 Å². The van der Waals surface area contributed by atoms with Crippen LogP contribution in [0.15, 0.2) is 24.3 Å². The Balaban J connectivity index is 2.24. The smallest absolute Gasteiger partial charge is 0.119 e. The van der Waals surface area contributed by atoms with Crippen molar-refractivity contribution in [3.8, 4) is 5.75 Å². The molecule has 4 nitrogen and oxygen atoms in total. The van der Waals surface area contributed by atoms with Crippen molar-refractivity contribution in [2.45, 2.75) is 58.3 Å². The van der Waals surface area contributed by atoms with Crippen LogP contribution in [-0.4, -0.2) is 44.7 Å². The monoisotopic (exact) mass is 352 g/mol. The van der Waals surface area contributed by atoms with Crippen LogP contribution in [0.25, 0.3) is 0 Å². The highest BCUT2D eigenvalue weighted by Crippen LogP contribution is 2.30. The van der Waals surface area contributed by atoms with Crippen molar-refractivity contribution in [3.05, 3.63) is 29.8 Å². The van der Waals surface area contributed by atoms with E-state index in [2.05, 4.69) is 32.9 Å². The lowest BCUT2D eigenvalue weighted by molar-refractivity contribution is 0.0247. The SMILES string of the molecule is CCCCCCC(C)(C)c1ccc(OCCOCCOCCO)cc1. The van der Waals surface area contributed by atoms with Crippen molar-refractivity contribution in [3.63, 3.8) is 0 Å². The van der Waals surface area contributed by atoms with Gasteiger partial charge in [0.25, 0.3) is 0 Å². The number of ether oxygens (including phenoxy) is 3. The van der Waals surface area contributed by atoms with Crippen molar-refractivity contribution in [1.29, 1.82) is 0 Å². The van der Waals surface area contributed by atoms with Crippen LogP contribution in [0.1, 0.15) is 58.4 Å². The molecule has 0 bridgehead atoms. The molecule has 0 unspecified atom stereocenters. The molecule has 0 aliphatic rings. The summed E-state index contributed by atoms with van der Waals surface area (Å²) in [6.07, 6.45) is 6.45. The molecular formula is C21H36O4. The normalized spacial score (nSPS) is 11.7. The number of benzene rings is 1. The summed E-state index contributed by atoms with van der Waals surface area (Å²) in [5.74, 6) is 0.880. The van der Waals surface area contributed by atoms with E-state index >= 15 is 0 Å². The molecule has 1 rings (SSSR count). The van der Waals surface area contributed by atoms with Crippen LogP contribution in [0.3, 0.4) is 0 Å². The zero-order chi connectivity index (χ0) is 18.4. The lowest BCUT2D eigenvalue weighted by atomic mass is 9.80. The Labute approximate surface area is 153 Å². The Morgan fingerprint density at radius 2 is 1.48 bits per heavy atom. The van der Waals surface area contributed by atoms with E-state index in [9.17, 15) is 0 Å². The Kier molecular flexibility index (Phi) is 11.5. The maximum atomic E-state index is 8.58. The molecule has 0 amide bonds. The second-order valence-corrected chi connectivity index (χ2v) is 7.02. The summed E-state index contributed by atoms with van der Waals surface area (Å²) in [5, 5.41) is 8.58. The molecule has 0 spiro atoms. The third-order valence-corrected chi connectivity index (χ3v) is 4.40. The van der Waals surface area contributed by atoms with E-state index in [1.54, 1.807) is 0 Å². The van der Waals surface area contributed by atoms with Gasteiger partial charge in [-0.15, -0.1) is 0 Å². The highest BCUT2D eigenvalue weighted by atomic mass is 16.5. The minimum absolute atomic E-state index is 0.0503. The lowest BCUT2D eigenvalue weighted by Gasteiger charge is -2.25. The summed E-state index contributed by atoms with van der Waals surface area (Å²) in [7, 11) is 0. The van der Waals surface area contributed by atoms with Gasteiger partial charge in [-0.05, 0) is 29.5 Å². The van der Waals surface area contributed by atoms with Crippen molar-refractivity contribution in [1.82, 2.24) is 0 Å². The van der Waals surface area contributed by atoms with Gasteiger partial charge < -0.3 is 19.3 Å². The third kappa shape index (κ3) is 9.83. The van der Waals surface area contributed by atoms with Crippen LogP contribution < -0.4 is 4.74 Å². The number of hydrogen-bond donors (Lipinski definition) is 1. The van der Waals surface area contributed by atoms with Gasteiger partial charge in [-0.2, -0.15) is 0 Å². The highest BCUT2D eigenvalue weighted by molar-refractivity contribution is 5.31. The van der Waals surface area contributed by atoms with Gasteiger partial charge in [0.2, 0.25) is 0 Å². The summed E-state index contributed by atoms with van der Waals surface area (Å²) in [6, 6.07) is 8.46. The van der Waals surface area contributed by atoms with Crippen molar-refractivity contribution >= 4 is 0 Å². The van der Waals surface area contributed by atoms with Gasteiger partial charge in [0.1, 0.15) is 12.4 Å². The first kappa shape index (κ1) is 21.9. The summed E-state index contributed by atoms with van der Waals surface area (Å²) in [5.41, 5.74) is 1.58. The van der Waals surface area contributed by atoms with E-state index in [4.69, 9.17) is 19.3 Å². The Bertz CT molecular complexity index is 428. The van der Waals surface area contributed by atoms with Gasteiger partial charge in [-0.25, -0.2) is 0 Å². The van der Waals surface area contributed by atoms with Gasteiger partial charge in [0.05, 0.1) is 33.0 Å². The van der Waals surface area contributed by atoms with Crippen LogP contribution in [0.5, 0.6) is 5.75 Å². The molecule has 1 N–H and O–H groups in total. The van der Waals surface area contributed by atoms with Crippen LogP contribution >= 0.6 is 0 Å². The summed E-state index contributed by atoms with van der Waals surface area (Å²) >= 11 is 0. The first-order valence-corrected chi connectivity index (χ1v) is 9.60. The first-order chi connectivity index (χ1) is 12.1. The van der Waals surface area contributed by atoms with E-state index in [0.717, 1.165) is 5.75 Å². The van der Waals surface area contributed by atoms with E-state index in [1.165, 1.54) is 37.7 Å². The quantitative estimate of drug-likeness (QED) is 0.477. The second kappa shape index (κ2) is 13.2. The molecule has 0 saturated carbocycles. The van der Waals surface area contributed by atoms with E-state index in [-0.39, 0.29) is 12.0 Å². The average molecular weight is 353 g/mol. The fourth-order valence-electron chi connectivity index (χ4n) is 2.75. The standard InChI is InChI=1S/C21H36O4/c1-4-5-6-7-12-21(2,3)19-8-10-20(11-9-19)25-18-17-24-16-15-23-14-13-22/h8-11,22H,4-7,12-18H2,1-3H3. The molecule has 4 heteroatoms. The predicted molar refractivity (Wildman–Crippen MR) is 102 cm³/mol. The molecule has 0 aliphatic heterocycles. The van der Waals surface area contributed by atoms with Crippen LogP contribution in [0.2, 0.25) is 0 Å². The number of aliphatic hydroxyl groups is 1. The minimum Gasteiger partial charge on any atom is -0.491 e. The number of rotatable bonds is 15. The zero-order valence-corrected chi connectivity index (χ0v) is 16.3. The predicted octanol–water partition coefficient (Wildman–Crippen LogP) is 4.34. The topological polar surface area (TPSA) is 47.9 Å². The summed E-state index contributed by atoms with van der Waals surface area (Å²) < 4.78 is 16.2. The first-order valence-electron chi connectivity index (χ1n) is 9.60. The molecule has 0 atom stereocenters. The summed E-state index contributed by atoms with van der Waals surface area (Å²) in [6.45, 7) is 9.39. The highest BCUT2D eigenvalue weighted by Gasteiger charge is 2.19. The van der Waals surface area contributed by atoms with E-state index in [1.807, 2.05) is 12.1 Å².